The van der Waals surface area contributed by atoms with E-state index >= 15 is 0 Å². The fourth-order valence-corrected chi connectivity index (χ4v) is 2.04. The quantitative estimate of drug-likeness (QED) is 0.675. The molecule has 0 spiro atoms. The van der Waals surface area contributed by atoms with Gasteiger partial charge in [-0.1, -0.05) is 35.9 Å². The van der Waals surface area contributed by atoms with E-state index in [1.54, 1.807) is 24.3 Å². The third-order valence-corrected chi connectivity index (χ3v) is 3.01. The predicted molar refractivity (Wildman–Crippen MR) is 75.4 cm³/mol. The van der Waals surface area contributed by atoms with Gasteiger partial charge in [0.05, 0.1) is 4.92 Å². The highest BCUT2D eigenvalue weighted by molar-refractivity contribution is 6.32. The van der Waals surface area contributed by atoms with E-state index in [2.05, 4.69) is 0 Å². The highest BCUT2D eigenvalue weighted by atomic mass is 35.5. The molecule has 0 heterocycles. The lowest BCUT2D eigenvalue weighted by atomic mass is 10.1. The van der Waals surface area contributed by atoms with Crippen LogP contribution < -0.4 is 4.74 Å². The molecule has 2 aromatic rings. The van der Waals surface area contributed by atoms with E-state index in [1.165, 1.54) is 12.1 Å². The molecule has 2 aromatic carbocycles. The Morgan fingerprint density at radius 1 is 1.15 bits per heavy atom. The fraction of sp³-hybridized carbons (Fsp3) is 0.143. The number of benzene rings is 2. The Balaban J connectivity index is 2.40. The zero-order valence-corrected chi connectivity index (χ0v) is 11.2. The fourth-order valence-electron chi connectivity index (χ4n) is 1.80. The number of hydrogen-bond acceptors (Lipinski definition) is 4. The van der Waals surface area contributed by atoms with Crippen molar-refractivity contribution in [2.24, 2.45) is 0 Å². The van der Waals surface area contributed by atoms with Crippen LogP contribution in [-0.2, 0) is 6.42 Å². The number of aliphatic hydroxyl groups excluding tert-OH is 1. The second-order valence-corrected chi connectivity index (χ2v) is 4.43. The molecule has 0 fully saturated rings. The van der Waals surface area contributed by atoms with Crippen LogP contribution in [0.3, 0.4) is 0 Å². The topological polar surface area (TPSA) is 72.6 Å². The number of nitro benzene ring substituents is 1. The van der Waals surface area contributed by atoms with Gasteiger partial charge >= 0.3 is 5.69 Å². The second-order valence-electron chi connectivity index (χ2n) is 4.03. The lowest BCUT2D eigenvalue weighted by Gasteiger charge is -2.10. The Kier molecular flexibility index (Phi) is 4.55. The van der Waals surface area contributed by atoms with Crippen molar-refractivity contribution in [3.63, 3.8) is 0 Å². The van der Waals surface area contributed by atoms with Gasteiger partial charge in [-0.15, -0.1) is 0 Å². The van der Waals surface area contributed by atoms with Crippen molar-refractivity contribution in [2.45, 2.75) is 6.42 Å². The Morgan fingerprint density at radius 2 is 1.85 bits per heavy atom. The van der Waals surface area contributed by atoms with Crippen molar-refractivity contribution in [3.05, 3.63) is 63.2 Å². The molecule has 0 bridgehead atoms. The van der Waals surface area contributed by atoms with E-state index in [0.29, 0.717) is 12.2 Å². The summed E-state index contributed by atoms with van der Waals surface area (Å²) in [4.78, 5) is 10.5. The molecule has 0 radical (unpaired) electrons. The van der Waals surface area contributed by atoms with E-state index in [9.17, 15) is 10.1 Å². The van der Waals surface area contributed by atoms with E-state index in [0.717, 1.165) is 5.56 Å². The molecule has 104 valence electrons. The van der Waals surface area contributed by atoms with Crippen LogP contribution in [0.4, 0.5) is 5.69 Å². The summed E-state index contributed by atoms with van der Waals surface area (Å²) in [7, 11) is 0. The molecule has 2 rings (SSSR count). The van der Waals surface area contributed by atoms with Gasteiger partial charge in [0.15, 0.2) is 0 Å². The lowest BCUT2D eigenvalue weighted by molar-refractivity contribution is -0.385. The highest BCUT2D eigenvalue weighted by Gasteiger charge is 2.20. The normalized spacial score (nSPS) is 10.3. The smallest absolute Gasteiger partial charge is 0.329 e. The molecule has 0 amide bonds. The van der Waals surface area contributed by atoms with Crippen LogP contribution in [0.25, 0.3) is 0 Å². The molecule has 0 saturated heterocycles. The summed E-state index contributed by atoms with van der Waals surface area (Å²) in [5, 5.41) is 20.1. The maximum atomic E-state index is 11.0. The number of para-hydroxylation sites is 2. The summed E-state index contributed by atoms with van der Waals surface area (Å²) < 4.78 is 5.60. The molecule has 0 saturated carbocycles. The monoisotopic (exact) mass is 293 g/mol. The van der Waals surface area contributed by atoms with Gasteiger partial charge in [-0.05, 0) is 30.2 Å². The molecular formula is C14H12ClNO4. The SMILES string of the molecule is O=[N+]([O-])c1c(Cl)cccc1Oc1ccccc1CCO. The molecule has 1 N–H and O–H groups in total. The number of nitrogens with zero attached hydrogens (tertiary/aromatic N) is 1. The minimum atomic E-state index is -0.577. The first-order chi connectivity index (χ1) is 9.63. The van der Waals surface area contributed by atoms with Crippen molar-refractivity contribution >= 4 is 17.3 Å². The van der Waals surface area contributed by atoms with E-state index in [4.69, 9.17) is 21.4 Å². The number of aliphatic hydroxyl groups is 1. The molecule has 20 heavy (non-hydrogen) atoms. The minimum absolute atomic E-state index is 0.0205. The number of nitro groups is 1. The van der Waals surface area contributed by atoms with Crippen molar-refractivity contribution in [1.29, 1.82) is 0 Å². The van der Waals surface area contributed by atoms with Crippen LogP contribution in [0.2, 0.25) is 5.02 Å². The Hall–Kier alpha value is -2.11. The van der Waals surface area contributed by atoms with Crippen LogP contribution in [0.15, 0.2) is 42.5 Å². The van der Waals surface area contributed by atoms with Gasteiger partial charge in [-0.2, -0.15) is 0 Å². The Bertz CT molecular complexity index is 630. The first kappa shape index (κ1) is 14.3. The number of ether oxygens (including phenoxy) is 1. The maximum Gasteiger partial charge on any atom is 0.329 e. The standard InChI is InChI=1S/C14H12ClNO4/c15-11-5-3-7-13(14(11)16(18)19)20-12-6-2-1-4-10(12)8-9-17/h1-7,17H,8-9H2. The Labute approximate surface area is 120 Å². The van der Waals surface area contributed by atoms with Crippen molar-refractivity contribution < 1.29 is 14.8 Å². The zero-order chi connectivity index (χ0) is 14.5. The van der Waals surface area contributed by atoms with E-state index < -0.39 is 4.92 Å². The number of hydrogen-bond donors (Lipinski definition) is 1. The number of halogens is 1. The van der Waals surface area contributed by atoms with Gasteiger partial charge in [0.2, 0.25) is 5.75 Å². The lowest BCUT2D eigenvalue weighted by Crippen LogP contribution is -1.98. The number of rotatable bonds is 5. The predicted octanol–water partition coefficient (Wildman–Crippen LogP) is 3.58. The second kappa shape index (κ2) is 6.36. The summed E-state index contributed by atoms with van der Waals surface area (Å²) in [6.07, 6.45) is 0.407. The molecule has 0 aromatic heterocycles. The molecule has 0 unspecified atom stereocenters. The van der Waals surface area contributed by atoms with Crippen LogP contribution in [0, 0.1) is 10.1 Å². The van der Waals surface area contributed by atoms with Crippen LogP contribution in [0.1, 0.15) is 5.56 Å². The average molecular weight is 294 g/mol. The molecule has 6 heteroatoms. The average Bonchev–Trinajstić information content (AvgIpc) is 2.41. The van der Waals surface area contributed by atoms with Gasteiger partial charge in [0.1, 0.15) is 10.8 Å². The van der Waals surface area contributed by atoms with Gasteiger partial charge < -0.3 is 9.84 Å². The van der Waals surface area contributed by atoms with Crippen LogP contribution >= 0.6 is 11.6 Å². The van der Waals surface area contributed by atoms with Crippen LogP contribution in [-0.4, -0.2) is 16.6 Å². The molecular weight excluding hydrogens is 282 g/mol. The molecule has 0 aliphatic rings. The van der Waals surface area contributed by atoms with E-state index in [1.807, 2.05) is 6.07 Å². The molecule has 0 aliphatic carbocycles. The summed E-state index contributed by atoms with van der Waals surface area (Å²) in [6, 6.07) is 11.6. The third kappa shape index (κ3) is 3.07. The largest absolute Gasteiger partial charge is 0.450 e. The summed E-state index contributed by atoms with van der Waals surface area (Å²) in [5.74, 6) is 0.541. The summed E-state index contributed by atoms with van der Waals surface area (Å²) in [6.45, 7) is -0.0297. The van der Waals surface area contributed by atoms with Gasteiger partial charge in [-0.3, -0.25) is 10.1 Å². The van der Waals surface area contributed by atoms with Gasteiger partial charge in [0, 0.05) is 6.61 Å². The molecule has 5 nitrogen and oxygen atoms in total. The Morgan fingerprint density at radius 3 is 2.55 bits per heavy atom. The zero-order valence-electron chi connectivity index (χ0n) is 10.5. The van der Waals surface area contributed by atoms with Crippen molar-refractivity contribution in [1.82, 2.24) is 0 Å². The summed E-state index contributed by atoms with van der Waals surface area (Å²) >= 11 is 5.83. The van der Waals surface area contributed by atoms with Crippen molar-refractivity contribution in [3.8, 4) is 11.5 Å². The first-order valence-electron chi connectivity index (χ1n) is 5.93. The maximum absolute atomic E-state index is 11.0. The third-order valence-electron chi connectivity index (χ3n) is 2.71. The summed E-state index contributed by atoms with van der Waals surface area (Å²) in [5.41, 5.74) is 0.497. The minimum Gasteiger partial charge on any atom is -0.450 e. The van der Waals surface area contributed by atoms with E-state index in [-0.39, 0.29) is 23.1 Å². The van der Waals surface area contributed by atoms with Gasteiger partial charge in [0.25, 0.3) is 0 Å². The molecule has 0 aliphatic heterocycles. The van der Waals surface area contributed by atoms with Gasteiger partial charge in [-0.25, -0.2) is 0 Å². The highest BCUT2D eigenvalue weighted by Crippen LogP contribution is 2.37. The first-order valence-corrected chi connectivity index (χ1v) is 6.31. The van der Waals surface area contributed by atoms with Crippen molar-refractivity contribution in [2.75, 3.05) is 6.61 Å². The van der Waals surface area contributed by atoms with Crippen LogP contribution in [0.5, 0.6) is 11.5 Å². The molecule has 0 atom stereocenters.